The Balaban J connectivity index is 2.75. The Bertz CT molecular complexity index is 614. The van der Waals surface area contributed by atoms with Crippen molar-refractivity contribution < 1.29 is 18.3 Å². The largest absolute Gasteiger partial charge is 0.507 e. The molecule has 0 aliphatic rings. The molecule has 112 valence electrons. The van der Waals surface area contributed by atoms with Crippen LogP contribution in [-0.2, 0) is 10.0 Å². The molecular weight excluding hydrogens is 304 g/mol. The van der Waals surface area contributed by atoms with Gasteiger partial charge in [-0.25, -0.2) is 13.1 Å². The van der Waals surface area contributed by atoms with Crippen LogP contribution in [0.4, 0.5) is 0 Å². The summed E-state index contributed by atoms with van der Waals surface area (Å²) in [5, 5.41) is 12.5. The Morgan fingerprint density at radius 2 is 2.00 bits per heavy atom. The molecule has 0 unspecified atom stereocenters. The van der Waals surface area contributed by atoms with Crippen LogP contribution >= 0.6 is 11.6 Å². The zero-order valence-electron chi connectivity index (χ0n) is 11.4. The van der Waals surface area contributed by atoms with Gasteiger partial charge in [-0.3, -0.25) is 4.79 Å². The number of amides is 1. The minimum atomic E-state index is -3.38. The summed E-state index contributed by atoms with van der Waals surface area (Å²) in [6.45, 7) is 3.32. The number of phenols is 1. The summed E-state index contributed by atoms with van der Waals surface area (Å²) in [7, 11) is -3.38. The van der Waals surface area contributed by atoms with Gasteiger partial charge < -0.3 is 10.4 Å². The number of sulfonamides is 1. The molecule has 0 bridgehead atoms. The first-order chi connectivity index (χ1) is 9.00. The number of rotatable bonds is 5. The van der Waals surface area contributed by atoms with Gasteiger partial charge in [0, 0.05) is 17.1 Å². The highest BCUT2D eigenvalue weighted by atomic mass is 35.5. The summed E-state index contributed by atoms with van der Waals surface area (Å²) in [4.78, 5) is 11.9. The third-order valence-electron chi connectivity index (χ3n) is 2.36. The quantitative estimate of drug-likeness (QED) is 0.757. The molecule has 0 fully saturated rings. The number of carbonyl (C=O) groups is 1. The van der Waals surface area contributed by atoms with Crippen molar-refractivity contribution in [3.63, 3.8) is 0 Å². The van der Waals surface area contributed by atoms with Crippen LogP contribution in [0, 0.1) is 0 Å². The fourth-order valence-electron chi connectivity index (χ4n) is 1.62. The van der Waals surface area contributed by atoms with Gasteiger partial charge >= 0.3 is 0 Å². The molecule has 1 rings (SSSR count). The number of benzene rings is 1. The molecule has 20 heavy (non-hydrogen) atoms. The van der Waals surface area contributed by atoms with Crippen molar-refractivity contribution in [2.75, 3.05) is 12.8 Å². The van der Waals surface area contributed by atoms with E-state index in [2.05, 4.69) is 10.0 Å². The summed E-state index contributed by atoms with van der Waals surface area (Å²) in [6, 6.07) is 4.11. The molecule has 8 heteroatoms. The predicted molar refractivity (Wildman–Crippen MR) is 77.5 cm³/mol. The molecule has 0 atom stereocenters. The molecule has 3 N–H and O–H groups in total. The maximum absolute atomic E-state index is 11.9. The van der Waals surface area contributed by atoms with Crippen molar-refractivity contribution in [3.8, 4) is 5.75 Å². The average Bonchev–Trinajstić information content (AvgIpc) is 2.26. The Morgan fingerprint density at radius 3 is 2.55 bits per heavy atom. The maximum atomic E-state index is 11.9. The summed E-state index contributed by atoms with van der Waals surface area (Å²) >= 11 is 5.76. The predicted octanol–water partition coefficient (Wildman–Crippen LogP) is 1.10. The van der Waals surface area contributed by atoms with Crippen molar-refractivity contribution in [2.45, 2.75) is 19.4 Å². The lowest BCUT2D eigenvalue weighted by Crippen LogP contribution is -2.51. The fraction of sp³-hybridized carbons (Fsp3) is 0.417. The van der Waals surface area contributed by atoms with E-state index in [4.69, 9.17) is 11.6 Å². The van der Waals surface area contributed by atoms with E-state index in [9.17, 15) is 18.3 Å². The maximum Gasteiger partial charge on any atom is 0.255 e. The number of hydrogen-bond acceptors (Lipinski definition) is 4. The van der Waals surface area contributed by atoms with Crippen molar-refractivity contribution in [2.24, 2.45) is 0 Å². The number of hydrogen-bond donors (Lipinski definition) is 3. The van der Waals surface area contributed by atoms with E-state index in [1.54, 1.807) is 13.8 Å². The van der Waals surface area contributed by atoms with E-state index < -0.39 is 21.5 Å². The van der Waals surface area contributed by atoms with Crippen LogP contribution in [0.1, 0.15) is 24.2 Å². The summed E-state index contributed by atoms with van der Waals surface area (Å²) in [5.41, 5.74) is -0.815. The Kier molecular flexibility index (Phi) is 5.01. The molecule has 0 aromatic heterocycles. The van der Waals surface area contributed by atoms with Crippen molar-refractivity contribution in [1.82, 2.24) is 10.0 Å². The number of phenolic OH excluding ortho intramolecular Hbond substituents is 1. The Morgan fingerprint density at radius 1 is 1.40 bits per heavy atom. The molecule has 0 heterocycles. The van der Waals surface area contributed by atoms with Gasteiger partial charge in [-0.05, 0) is 32.0 Å². The third-order valence-corrected chi connectivity index (χ3v) is 3.51. The van der Waals surface area contributed by atoms with Gasteiger partial charge in [0.15, 0.2) is 0 Å². The smallest absolute Gasteiger partial charge is 0.255 e. The van der Waals surface area contributed by atoms with E-state index in [1.165, 1.54) is 18.2 Å². The van der Waals surface area contributed by atoms with Crippen LogP contribution in [-0.4, -0.2) is 37.8 Å². The van der Waals surface area contributed by atoms with Crippen LogP contribution in [0.5, 0.6) is 5.75 Å². The second-order valence-electron chi connectivity index (χ2n) is 5.10. The van der Waals surface area contributed by atoms with E-state index >= 15 is 0 Å². The highest BCUT2D eigenvalue weighted by Gasteiger charge is 2.23. The van der Waals surface area contributed by atoms with Crippen LogP contribution in [0.15, 0.2) is 18.2 Å². The average molecular weight is 321 g/mol. The van der Waals surface area contributed by atoms with Gasteiger partial charge in [-0.15, -0.1) is 0 Å². The number of nitrogens with one attached hydrogen (secondary N) is 2. The van der Waals surface area contributed by atoms with Crippen LogP contribution < -0.4 is 10.0 Å². The minimum Gasteiger partial charge on any atom is -0.507 e. The zero-order chi connectivity index (χ0) is 15.6. The van der Waals surface area contributed by atoms with Gasteiger partial charge in [0.1, 0.15) is 5.75 Å². The molecular formula is C12H17ClN2O4S. The minimum absolute atomic E-state index is 0.0349. The monoisotopic (exact) mass is 320 g/mol. The summed E-state index contributed by atoms with van der Waals surface area (Å²) < 4.78 is 24.8. The highest BCUT2D eigenvalue weighted by Crippen LogP contribution is 2.21. The lowest BCUT2D eigenvalue weighted by atomic mass is 10.1. The number of aromatic hydroxyl groups is 1. The second-order valence-corrected chi connectivity index (χ2v) is 7.29. The van der Waals surface area contributed by atoms with Crippen LogP contribution in [0.25, 0.3) is 0 Å². The fourth-order valence-corrected chi connectivity index (χ4v) is 2.87. The van der Waals surface area contributed by atoms with Crippen LogP contribution in [0.2, 0.25) is 5.02 Å². The number of carbonyl (C=O) groups excluding carboxylic acids is 1. The zero-order valence-corrected chi connectivity index (χ0v) is 13.0. The van der Waals surface area contributed by atoms with E-state index in [-0.39, 0.29) is 17.9 Å². The van der Waals surface area contributed by atoms with Crippen molar-refractivity contribution in [3.05, 3.63) is 28.8 Å². The molecule has 1 aromatic carbocycles. The summed E-state index contributed by atoms with van der Waals surface area (Å²) in [6.07, 6.45) is 1.04. The van der Waals surface area contributed by atoms with Gasteiger partial charge in [0.2, 0.25) is 10.0 Å². The standard InChI is InChI=1S/C12H17ClN2O4S/c1-12(2,15-20(3,18)19)7-14-11(17)9-6-8(13)4-5-10(9)16/h4-6,15-16H,7H2,1-3H3,(H,14,17). The molecule has 0 saturated heterocycles. The molecule has 0 aliphatic carbocycles. The van der Waals surface area contributed by atoms with Crippen molar-refractivity contribution in [1.29, 1.82) is 0 Å². The summed E-state index contributed by atoms with van der Waals surface area (Å²) in [5.74, 6) is -0.728. The molecule has 0 aliphatic heterocycles. The topological polar surface area (TPSA) is 95.5 Å². The van der Waals surface area contributed by atoms with Crippen molar-refractivity contribution >= 4 is 27.5 Å². The molecule has 1 amide bonds. The van der Waals surface area contributed by atoms with E-state index in [0.717, 1.165) is 6.26 Å². The van der Waals surface area contributed by atoms with Gasteiger partial charge in [-0.1, -0.05) is 11.6 Å². The normalized spacial score (nSPS) is 12.2. The highest BCUT2D eigenvalue weighted by molar-refractivity contribution is 7.88. The van der Waals surface area contributed by atoms with E-state index in [0.29, 0.717) is 5.02 Å². The van der Waals surface area contributed by atoms with Gasteiger partial charge in [-0.2, -0.15) is 0 Å². The van der Waals surface area contributed by atoms with Crippen LogP contribution in [0.3, 0.4) is 0 Å². The first-order valence-corrected chi connectivity index (χ1v) is 8.03. The molecule has 0 radical (unpaired) electrons. The molecule has 0 spiro atoms. The molecule has 1 aromatic rings. The third kappa shape index (κ3) is 5.36. The SMILES string of the molecule is CC(C)(CNC(=O)c1cc(Cl)ccc1O)NS(C)(=O)=O. The first kappa shape index (κ1) is 16.7. The first-order valence-electron chi connectivity index (χ1n) is 5.76. The van der Waals surface area contributed by atoms with E-state index in [1.807, 2.05) is 0 Å². The lowest BCUT2D eigenvalue weighted by Gasteiger charge is -2.25. The van der Waals surface area contributed by atoms with Gasteiger partial charge in [0.05, 0.1) is 11.8 Å². The van der Waals surface area contributed by atoms with Gasteiger partial charge in [0.25, 0.3) is 5.91 Å². The second kappa shape index (κ2) is 5.99. The Hall–Kier alpha value is -1.31. The molecule has 6 nitrogen and oxygen atoms in total. The molecule has 0 saturated carbocycles. The lowest BCUT2D eigenvalue weighted by molar-refractivity contribution is 0.0942. The number of halogens is 1. The Labute approximate surface area is 123 Å².